The molecule has 0 saturated carbocycles. The Hall–Kier alpha value is -2.94. The molecule has 0 aliphatic heterocycles. The highest BCUT2D eigenvalue weighted by Gasteiger charge is 2.21. The van der Waals surface area contributed by atoms with Crippen LogP contribution in [-0.2, 0) is 0 Å². The van der Waals surface area contributed by atoms with E-state index in [4.69, 9.17) is 25.0 Å². The second-order valence-electron chi connectivity index (χ2n) is 6.06. The summed E-state index contributed by atoms with van der Waals surface area (Å²) in [4.78, 5) is 8.28. The highest BCUT2D eigenvalue weighted by Crippen LogP contribution is 2.43. The van der Waals surface area contributed by atoms with Crippen LogP contribution in [0.15, 0.2) is 34.9 Å². The zero-order chi connectivity index (χ0) is 30.7. The molecule has 2 aromatic carbocycles. The van der Waals surface area contributed by atoms with E-state index in [1.807, 2.05) is 0 Å². The van der Waals surface area contributed by atoms with Crippen LogP contribution in [0, 0.1) is 34.3 Å². The summed E-state index contributed by atoms with van der Waals surface area (Å²) < 4.78 is 126. The third kappa shape index (κ3) is 1.88. The van der Waals surface area contributed by atoms with Gasteiger partial charge in [0, 0.05) is 49.5 Å². The van der Waals surface area contributed by atoms with Crippen LogP contribution in [0.2, 0.25) is 0 Å². The van der Waals surface area contributed by atoms with Crippen LogP contribution >= 0.6 is 0 Å². The van der Waals surface area contributed by atoms with Crippen molar-refractivity contribution in [3.8, 4) is 11.3 Å². The van der Waals surface area contributed by atoms with Crippen molar-refractivity contribution in [3.63, 3.8) is 0 Å². The molecule has 3 aromatic heterocycles. The van der Waals surface area contributed by atoms with Gasteiger partial charge in [-0.05, 0) is 80.1 Å². The van der Waals surface area contributed by atoms with Gasteiger partial charge < -0.3 is 4.42 Å². The molecule has 0 saturated heterocycles. The summed E-state index contributed by atoms with van der Waals surface area (Å²) in [6.45, 7) is -14.6. The maximum Gasteiger partial charge on any atom is 0.139 e. The van der Waals surface area contributed by atoms with Crippen molar-refractivity contribution >= 4 is 32.8 Å². The number of hydrogen-bond acceptors (Lipinski definition) is 3. The van der Waals surface area contributed by atoms with Crippen LogP contribution in [0.5, 0.6) is 0 Å². The molecule has 3 nitrogen and oxygen atoms in total. The second kappa shape index (κ2) is 5.04. The van der Waals surface area contributed by atoms with Crippen LogP contribution in [0.25, 0.3) is 44.1 Å². The Kier molecular flexibility index (Phi) is 1.23. The van der Waals surface area contributed by atoms with Crippen LogP contribution in [0.4, 0.5) is 0 Å². The predicted octanol–water partition coefficient (Wildman–Crippen LogP) is 6.18. The van der Waals surface area contributed by atoms with Gasteiger partial charge in [0.2, 0.25) is 0 Å². The first-order valence-corrected chi connectivity index (χ1v) is 7.69. The van der Waals surface area contributed by atoms with Gasteiger partial charge in [0.15, 0.2) is 0 Å². The number of pyridine rings is 2. The average molecular weight is 356 g/mol. The Morgan fingerprint density at radius 2 is 1.77 bits per heavy atom. The molecular formula is C23H20N2O. The van der Waals surface area contributed by atoms with Gasteiger partial charge in [-0.1, -0.05) is 0 Å². The molecule has 0 aliphatic rings. The van der Waals surface area contributed by atoms with Gasteiger partial charge in [-0.2, -0.15) is 0 Å². The Bertz CT molecular complexity index is 1820. The molecule has 0 bridgehead atoms. The van der Waals surface area contributed by atoms with E-state index in [1.165, 1.54) is 12.1 Å². The summed E-state index contributed by atoms with van der Waals surface area (Å²) in [5, 5.41) is 0.0846. The summed E-state index contributed by atoms with van der Waals surface area (Å²) >= 11 is 0. The minimum absolute atomic E-state index is 0.0150. The smallest absolute Gasteiger partial charge is 0.139 e. The predicted molar refractivity (Wildman–Crippen MR) is 107 cm³/mol. The van der Waals surface area contributed by atoms with Gasteiger partial charge in [-0.15, -0.1) is 0 Å². The quantitative estimate of drug-likeness (QED) is 0.337. The minimum Gasteiger partial charge on any atom is -0.456 e. The maximum atomic E-state index is 8.35. The molecule has 0 radical (unpaired) electrons. The lowest BCUT2D eigenvalue weighted by Crippen LogP contribution is -1.95. The summed E-state index contributed by atoms with van der Waals surface area (Å²) in [6.07, 6.45) is 0.885. The second-order valence-corrected chi connectivity index (χ2v) is 6.06. The molecule has 5 rings (SSSR count). The summed E-state index contributed by atoms with van der Waals surface area (Å²) in [6, 6.07) is 4.97. The molecule has 0 N–H and O–H groups in total. The zero-order valence-corrected chi connectivity index (χ0v) is 13.2. The van der Waals surface area contributed by atoms with E-state index in [0.29, 0.717) is 0 Å². The number of hydrogen-bond donors (Lipinski definition) is 0. The van der Waals surface area contributed by atoms with E-state index in [0.717, 1.165) is 18.3 Å². The standard InChI is InChI=1S/C23H20N2O/c1-11-8-17(24-10-12(11)2)16-6-7-18-21-20(16)14(4)15(5)23-22(21)19(26-18)9-13(3)25-23/h6-10H,1-5H3/i1D3,2D3,3D3,4D3,5D3. The molecule has 0 aliphatic carbocycles. The number of rotatable bonds is 1. The lowest BCUT2D eigenvalue weighted by Gasteiger charge is -2.14. The maximum absolute atomic E-state index is 8.35. The van der Waals surface area contributed by atoms with E-state index in [-0.39, 0.29) is 44.1 Å². The SMILES string of the molecule is [2H]C([2H])([2H])c1cc2oc3ccc(-c4cc(C([2H])([2H])[2H])c(C([2H])([2H])[2H])cn4)c4c(C([2H])([2H])[2H])c(C([2H])([2H])[2H])c(n1)c2c34. The topological polar surface area (TPSA) is 38.9 Å². The Morgan fingerprint density at radius 3 is 2.58 bits per heavy atom. The zero-order valence-electron chi connectivity index (χ0n) is 28.2. The van der Waals surface area contributed by atoms with E-state index < -0.39 is 62.2 Å². The van der Waals surface area contributed by atoms with E-state index in [1.54, 1.807) is 0 Å². The fourth-order valence-electron chi connectivity index (χ4n) is 3.38. The molecule has 0 fully saturated rings. The molecule has 0 spiro atoms. The lowest BCUT2D eigenvalue weighted by atomic mass is 9.91. The first kappa shape index (κ1) is 6.34. The average Bonchev–Trinajstić information content (AvgIpc) is 3.17. The van der Waals surface area contributed by atoms with Gasteiger partial charge in [0.05, 0.1) is 16.6 Å². The van der Waals surface area contributed by atoms with Crippen LogP contribution < -0.4 is 0 Å². The van der Waals surface area contributed by atoms with Crippen molar-refractivity contribution < 1.29 is 25.0 Å². The van der Waals surface area contributed by atoms with Crippen molar-refractivity contribution in [2.45, 2.75) is 34.3 Å². The molecule has 0 unspecified atom stereocenters. The number of furan rings is 1. The molecule has 128 valence electrons. The van der Waals surface area contributed by atoms with Gasteiger partial charge >= 0.3 is 0 Å². The van der Waals surface area contributed by atoms with E-state index >= 15 is 0 Å². The summed E-state index contributed by atoms with van der Waals surface area (Å²) in [5.41, 5.74) is -3.27. The normalized spacial score (nSPS) is 23.0. The molecule has 3 heterocycles. The fourth-order valence-corrected chi connectivity index (χ4v) is 3.38. The highest BCUT2D eigenvalue weighted by atomic mass is 16.3. The molecule has 0 amide bonds. The number of nitrogens with zero attached hydrogens (tertiary/aromatic N) is 2. The summed E-state index contributed by atoms with van der Waals surface area (Å²) in [7, 11) is 0. The van der Waals surface area contributed by atoms with Crippen LogP contribution in [0.3, 0.4) is 0 Å². The highest BCUT2D eigenvalue weighted by molar-refractivity contribution is 6.25. The lowest BCUT2D eigenvalue weighted by molar-refractivity contribution is 0.668. The van der Waals surface area contributed by atoms with Crippen LogP contribution in [-0.4, -0.2) is 9.97 Å². The third-order valence-electron chi connectivity index (χ3n) is 4.54. The monoisotopic (exact) mass is 355 g/mol. The van der Waals surface area contributed by atoms with Crippen molar-refractivity contribution in [2.24, 2.45) is 0 Å². The Balaban J connectivity index is 2.04. The fraction of sp³-hybridized carbons (Fsp3) is 0.217. The molecule has 26 heavy (non-hydrogen) atoms. The number of aryl methyl sites for hydroxylation is 5. The van der Waals surface area contributed by atoms with Crippen molar-refractivity contribution in [3.05, 3.63) is 58.4 Å². The van der Waals surface area contributed by atoms with E-state index in [9.17, 15) is 0 Å². The third-order valence-corrected chi connectivity index (χ3v) is 4.54. The number of aromatic nitrogens is 2. The van der Waals surface area contributed by atoms with Gasteiger partial charge in [-0.3, -0.25) is 9.97 Å². The van der Waals surface area contributed by atoms with Crippen molar-refractivity contribution in [2.75, 3.05) is 0 Å². The van der Waals surface area contributed by atoms with Gasteiger partial charge in [-0.25, -0.2) is 0 Å². The Labute approximate surface area is 173 Å². The van der Waals surface area contributed by atoms with Gasteiger partial charge in [0.1, 0.15) is 11.2 Å². The first-order valence-electron chi connectivity index (χ1n) is 15.2. The summed E-state index contributed by atoms with van der Waals surface area (Å²) in [5.74, 6) is 0. The molecule has 0 atom stereocenters. The molecule has 3 heteroatoms. The molecular weight excluding hydrogens is 320 g/mol. The minimum atomic E-state index is -3.09. The van der Waals surface area contributed by atoms with E-state index in [2.05, 4.69) is 9.97 Å². The first-order chi connectivity index (χ1) is 18.5. The molecule has 5 aromatic rings. The Morgan fingerprint density at radius 1 is 0.846 bits per heavy atom. The largest absolute Gasteiger partial charge is 0.456 e. The van der Waals surface area contributed by atoms with Gasteiger partial charge in [0.25, 0.3) is 0 Å². The number of benzene rings is 2. The van der Waals surface area contributed by atoms with Crippen LogP contribution in [0.1, 0.15) is 48.5 Å². The van der Waals surface area contributed by atoms with Crippen molar-refractivity contribution in [1.29, 1.82) is 0 Å². The van der Waals surface area contributed by atoms with Crippen molar-refractivity contribution in [1.82, 2.24) is 9.97 Å².